The first kappa shape index (κ1) is 14.7. The minimum Gasteiger partial charge on any atom is -0.454 e. The summed E-state index contributed by atoms with van der Waals surface area (Å²) in [6.45, 7) is 2.46. The lowest BCUT2D eigenvalue weighted by atomic mass is 10.1. The van der Waals surface area contributed by atoms with Gasteiger partial charge in [0.15, 0.2) is 11.5 Å². The quantitative estimate of drug-likeness (QED) is 0.860. The van der Waals surface area contributed by atoms with Crippen LogP contribution in [0.1, 0.15) is 12.8 Å². The van der Waals surface area contributed by atoms with Gasteiger partial charge in [-0.3, -0.25) is 4.90 Å². The van der Waals surface area contributed by atoms with E-state index in [1.54, 1.807) is 4.68 Å². The number of rotatable bonds is 3. The number of hydrogen-bond acceptors (Lipinski definition) is 7. The van der Waals surface area contributed by atoms with Gasteiger partial charge in [0.2, 0.25) is 12.7 Å². The Bertz CT molecular complexity index is 764. The molecule has 0 amide bonds. The Morgan fingerprint density at radius 2 is 2.00 bits per heavy atom. The number of aliphatic hydroxyl groups is 1. The lowest BCUT2D eigenvalue weighted by molar-refractivity contribution is 0.0647. The summed E-state index contributed by atoms with van der Waals surface area (Å²) < 4.78 is 18.0. The van der Waals surface area contributed by atoms with E-state index in [-0.39, 0.29) is 12.9 Å². The summed E-state index contributed by atoms with van der Waals surface area (Å²) in [5.74, 6) is 1.87. The Morgan fingerprint density at radius 1 is 1.22 bits per heavy atom. The van der Waals surface area contributed by atoms with E-state index in [1.165, 1.54) is 0 Å². The summed E-state index contributed by atoms with van der Waals surface area (Å²) in [5, 5.41) is 14.0. The maximum absolute atomic E-state index is 9.57. The van der Waals surface area contributed by atoms with Gasteiger partial charge in [-0.15, -0.1) is 5.10 Å². The normalized spacial score (nSPS) is 18.5. The van der Waals surface area contributed by atoms with E-state index < -0.39 is 0 Å². The van der Waals surface area contributed by atoms with Crippen molar-refractivity contribution in [2.75, 3.05) is 19.9 Å². The van der Waals surface area contributed by atoms with Crippen molar-refractivity contribution in [3.63, 3.8) is 0 Å². The summed E-state index contributed by atoms with van der Waals surface area (Å²) in [7, 11) is 0. The Balaban J connectivity index is 1.54. The molecule has 1 fully saturated rings. The van der Waals surface area contributed by atoms with E-state index in [0.29, 0.717) is 23.1 Å². The highest BCUT2D eigenvalue weighted by atomic mass is 32.1. The van der Waals surface area contributed by atoms with Crippen molar-refractivity contribution in [2.24, 2.45) is 0 Å². The molecule has 1 saturated heterocycles. The van der Waals surface area contributed by atoms with Crippen molar-refractivity contribution >= 4 is 12.2 Å². The maximum atomic E-state index is 9.57. The van der Waals surface area contributed by atoms with Gasteiger partial charge in [0, 0.05) is 18.7 Å². The van der Waals surface area contributed by atoms with Crippen LogP contribution in [0.3, 0.4) is 0 Å². The maximum Gasteiger partial charge on any atom is 0.288 e. The Morgan fingerprint density at radius 3 is 2.83 bits per heavy atom. The zero-order valence-electron chi connectivity index (χ0n) is 12.5. The zero-order chi connectivity index (χ0) is 15.8. The predicted octanol–water partition coefficient (Wildman–Crippen LogP) is 2.02. The van der Waals surface area contributed by atoms with Gasteiger partial charge in [-0.25, -0.2) is 4.68 Å². The summed E-state index contributed by atoms with van der Waals surface area (Å²) in [6.07, 6.45) is 1.36. The average molecular weight is 335 g/mol. The van der Waals surface area contributed by atoms with E-state index >= 15 is 0 Å². The van der Waals surface area contributed by atoms with Crippen LogP contribution in [-0.2, 0) is 6.67 Å². The predicted molar refractivity (Wildman–Crippen MR) is 83.7 cm³/mol. The third-order valence-corrected chi connectivity index (χ3v) is 4.41. The van der Waals surface area contributed by atoms with E-state index in [1.807, 2.05) is 18.2 Å². The number of hydrogen-bond donors (Lipinski definition) is 1. The Labute approximate surface area is 138 Å². The van der Waals surface area contributed by atoms with Crippen molar-refractivity contribution in [2.45, 2.75) is 25.6 Å². The molecule has 2 aliphatic heterocycles. The summed E-state index contributed by atoms with van der Waals surface area (Å²) in [6, 6.07) is 5.54. The fourth-order valence-corrected chi connectivity index (χ4v) is 2.97. The van der Waals surface area contributed by atoms with Crippen LogP contribution in [-0.4, -0.2) is 45.8 Å². The van der Waals surface area contributed by atoms with Gasteiger partial charge in [0.25, 0.3) is 4.84 Å². The molecule has 1 aromatic carbocycles. The smallest absolute Gasteiger partial charge is 0.288 e. The molecule has 0 unspecified atom stereocenters. The molecule has 0 radical (unpaired) electrons. The molecule has 0 bridgehead atoms. The highest BCUT2D eigenvalue weighted by molar-refractivity contribution is 7.71. The molecule has 122 valence electrons. The number of likely N-dealkylation sites (tertiary alicyclic amines) is 1. The third-order valence-electron chi connectivity index (χ3n) is 4.12. The fraction of sp³-hybridized carbons (Fsp3) is 0.467. The minimum absolute atomic E-state index is 0.194. The first-order valence-electron chi connectivity index (χ1n) is 7.57. The molecule has 7 nitrogen and oxygen atoms in total. The van der Waals surface area contributed by atoms with Gasteiger partial charge < -0.3 is 19.0 Å². The van der Waals surface area contributed by atoms with Crippen LogP contribution in [0.15, 0.2) is 22.6 Å². The van der Waals surface area contributed by atoms with Crippen molar-refractivity contribution in [3.05, 3.63) is 23.0 Å². The molecule has 23 heavy (non-hydrogen) atoms. The van der Waals surface area contributed by atoms with Crippen LogP contribution in [0.25, 0.3) is 11.5 Å². The molecular formula is C15H17N3O4S. The first-order valence-corrected chi connectivity index (χ1v) is 7.98. The molecule has 0 saturated carbocycles. The highest BCUT2D eigenvalue weighted by Crippen LogP contribution is 2.35. The van der Waals surface area contributed by atoms with Crippen molar-refractivity contribution in [3.8, 4) is 23.0 Å². The lowest BCUT2D eigenvalue weighted by Crippen LogP contribution is -2.37. The SMILES string of the molecule is OC1CCN(Cn2nc(-c3ccc4c(c3)OCO4)oc2=S)CC1. The molecule has 3 heterocycles. The van der Waals surface area contributed by atoms with Crippen LogP contribution < -0.4 is 9.47 Å². The van der Waals surface area contributed by atoms with E-state index in [9.17, 15) is 5.11 Å². The third kappa shape index (κ3) is 2.97. The van der Waals surface area contributed by atoms with Crippen LogP contribution >= 0.6 is 12.2 Å². The van der Waals surface area contributed by atoms with E-state index in [2.05, 4.69) is 10.00 Å². The second-order valence-corrected chi connectivity index (χ2v) is 6.08. The van der Waals surface area contributed by atoms with E-state index in [0.717, 1.165) is 37.2 Å². The van der Waals surface area contributed by atoms with Gasteiger partial charge in [-0.05, 0) is 43.3 Å². The average Bonchev–Trinajstić information content (AvgIpc) is 3.16. The second kappa shape index (κ2) is 5.95. The van der Waals surface area contributed by atoms with Crippen LogP contribution in [0.5, 0.6) is 11.5 Å². The molecule has 0 atom stereocenters. The number of aliphatic hydroxyl groups excluding tert-OH is 1. The fourth-order valence-electron chi connectivity index (χ4n) is 2.79. The van der Waals surface area contributed by atoms with Crippen LogP contribution in [0.4, 0.5) is 0 Å². The van der Waals surface area contributed by atoms with Gasteiger partial charge in [-0.1, -0.05) is 0 Å². The number of aromatic nitrogens is 2. The van der Waals surface area contributed by atoms with Crippen molar-refractivity contribution in [1.82, 2.24) is 14.7 Å². The number of piperidine rings is 1. The zero-order valence-corrected chi connectivity index (χ0v) is 13.3. The molecule has 0 spiro atoms. The highest BCUT2D eigenvalue weighted by Gasteiger charge is 2.20. The van der Waals surface area contributed by atoms with Gasteiger partial charge in [0.1, 0.15) is 0 Å². The van der Waals surface area contributed by atoms with Crippen LogP contribution in [0, 0.1) is 4.84 Å². The van der Waals surface area contributed by atoms with Crippen molar-refractivity contribution in [1.29, 1.82) is 0 Å². The number of nitrogens with zero attached hydrogens (tertiary/aromatic N) is 3. The molecule has 4 rings (SSSR count). The lowest BCUT2D eigenvalue weighted by Gasteiger charge is -2.28. The van der Waals surface area contributed by atoms with Gasteiger partial charge >= 0.3 is 0 Å². The largest absolute Gasteiger partial charge is 0.454 e. The second-order valence-electron chi connectivity index (χ2n) is 5.73. The van der Waals surface area contributed by atoms with E-state index in [4.69, 9.17) is 26.1 Å². The van der Waals surface area contributed by atoms with Gasteiger partial charge in [-0.2, -0.15) is 0 Å². The Hall–Kier alpha value is -1.90. The molecule has 2 aliphatic rings. The minimum atomic E-state index is -0.194. The number of fused-ring (bicyclic) bond motifs is 1. The molecule has 1 aromatic heterocycles. The number of ether oxygens (including phenoxy) is 2. The monoisotopic (exact) mass is 335 g/mol. The molecule has 1 N–H and O–H groups in total. The molecule has 2 aromatic rings. The van der Waals surface area contributed by atoms with Gasteiger partial charge in [0.05, 0.1) is 12.8 Å². The molecular weight excluding hydrogens is 318 g/mol. The number of benzene rings is 1. The molecule has 0 aliphatic carbocycles. The van der Waals surface area contributed by atoms with Crippen LogP contribution in [0.2, 0.25) is 0 Å². The summed E-state index contributed by atoms with van der Waals surface area (Å²) in [4.78, 5) is 2.54. The summed E-state index contributed by atoms with van der Waals surface area (Å²) >= 11 is 5.27. The molecule has 8 heteroatoms. The van der Waals surface area contributed by atoms with Crippen molar-refractivity contribution < 1.29 is 19.0 Å². The topological polar surface area (TPSA) is 72.9 Å². The summed E-state index contributed by atoms with van der Waals surface area (Å²) in [5.41, 5.74) is 0.799. The standard InChI is InChI=1S/C15H17N3O4S/c19-11-3-5-17(6-4-11)8-18-15(23)22-14(16-18)10-1-2-12-13(7-10)21-9-20-12/h1-2,7,11,19H,3-6,8-9H2. The Kier molecular flexibility index (Phi) is 3.80. The first-order chi connectivity index (χ1) is 11.2.